The van der Waals surface area contributed by atoms with E-state index in [4.69, 9.17) is 4.42 Å². The second-order valence-electron chi connectivity index (χ2n) is 6.61. The van der Waals surface area contributed by atoms with Crippen LogP contribution in [-0.4, -0.2) is 41.9 Å². The minimum Gasteiger partial charge on any atom is -0.464 e. The molecular formula is C22H22N2O2. The Balaban J connectivity index is 1.34. The van der Waals surface area contributed by atoms with Crippen LogP contribution in [-0.2, 0) is 6.54 Å². The third-order valence-electron chi connectivity index (χ3n) is 4.85. The molecular weight excluding hydrogens is 324 g/mol. The molecule has 1 amide bonds. The monoisotopic (exact) mass is 346 g/mol. The Labute approximate surface area is 153 Å². The van der Waals surface area contributed by atoms with Crippen LogP contribution in [0.1, 0.15) is 15.9 Å². The van der Waals surface area contributed by atoms with Gasteiger partial charge in [0.1, 0.15) is 5.76 Å². The summed E-state index contributed by atoms with van der Waals surface area (Å²) in [5.74, 6) is 0.925. The maximum Gasteiger partial charge on any atom is 0.253 e. The van der Waals surface area contributed by atoms with E-state index in [-0.39, 0.29) is 5.91 Å². The van der Waals surface area contributed by atoms with Crippen molar-refractivity contribution in [1.29, 1.82) is 0 Å². The van der Waals surface area contributed by atoms with Crippen LogP contribution in [0.5, 0.6) is 0 Å². The van der Waals surface area contributed by atoms with Gasteiger partial charge in [-0.2, -0.15) is 0 Å². The summed E-state index contributed by atoms with van der Waals surface area (Å²) in [4.78, 5) is 17.1. The second kappa shape index (κ2) is 7.58. The lowest BCUT2D eigenvalue weighted by molar-refractivity contribution is 0.0628. The Kier molecular flexibility index (Phi) is 4.84. The average Bonchev–Trinajstić information content (AvgIpc) is 3.24. The number of nitrogens with zero attached hydrogens (tertiary/aromatic N) is 2. The van der Waals surface area contributed by atoms with Crippen LogP contribution in [0.2, 0.25) is 0 Å². The minimum atomic E-state index is 0.107. The summed E-state index contributed by atoms with van der Waals surface area (Å²) >= 11 is 0. The molecule has 3 aromatic rings. The molecule has 1 fully saturated rings. The molecule has 0 aliphatic carbocycles. The van der Waals surface area contributed by atoms with Gasteiger partial charge in [0.15, 0.2) is 0 Å². The van der Waals surface area contributed by atoms with E-state index in [1.807, 2.05) is 47.4 Å². The number of rotatable bonds is 4. The summed E-state index contributed by atoms with van der Waals surface area (Å²) in [5.41, 5.74) is 3.04. The highest BCUT2D eigenvalue weighted by molar-refractivity contribution is 5.94. The zero-order valence-electron chi connectivity index (χ0n) is 14.7. The van der Waals surface area contributed by atoms with Gasteiger partial charge in [-0.25, -0.2) is 0 Å². The number of benzene rings is 2. The van der Waals surface area contributed by atoms with Gasteiger partial charge in [0, 0.05) is 43.9 Å². The molecule has 0 saturated carbocycles. The van der Waals surface area contributed by atoms with Crippen LogP contribution >= 0.6 is 0 Å². The molecule has 1 aromatic heterocycles. The van der Waals surface area contributed by atoms with Gasteiger partial charge in [0.05, 0.1) is 6.26 Å². The zero-order chi connectivity index (χ0) is 17.8. The third-order valence-corrected chi connectivity index (χ3v) is 4.85. The van der Waals surface area contributed by atoms with Crippen molar-refractivity contribution in [2.45, 2.75) is 6.54 Å². The minimum absolute atomic E-state index is 0.107. The van der Waals surface area contributed by atoms with Crippen molar-refractivity contribution in [3.63, 3.8) is 0 Å². The average molecular weight is 346 g/mol. The van der Waals surface area contributed by atoms with Crippen molar-refractivity contribution in [3.8, 4) is 11.3 Å². The van der Waals surface area contributed by atoms with Gasteiger partial charge < -0.3 is 9.32 Å². The molecule has 0 bridgehead atoms. The van der Waals surface area contributed by atoms with E-state index in [1.54, 1.807) is 6.26 Å². The lowest BCUT2D eigenvalue weighted by Crippen LogP contribution is -2.48. The highest BCUT2D eigenvalue weighted by Crippen LogP contribution is 2.21. The first-order valence-electron chi connectivity index (χ1n) is 8.99. The third kappa shape index (κ3) is 3.70. The van der Waals surface area contributed by atoms with Crippen molar-refractivity contribution in [2.24, 2.45) is 0 Å². The first kappa shape index (κ1) is 16.6. The van der Waals surface area contributed by atoms with Crippen LogP contribution < -0.4 is 0 Å². The topological polar surface area (TPSA) is 36.7 Å². The van der Waals surface area contributed by atoms with E-state index in [1.165, 1.54) is 5.56 Å². The van der Waals surface area contributed by atoms with Gasteiger partial charge in [-0.15, -0.1) is 0 Å². The van der Waals surface area contributed by atoms with Crippen molar-refractivity contribution in [2.75, 3.05) is 26.2 Å². The Morgan fingerprint density at radius 2 is 1.58 bits per heavy atom. The van der Waals surface area contributed by atoms with Crippen molar-refractivity contribution in [3.05, 3.63) is 84.1 Å². The summed E-state index contributed by atoms with van der Waals surface area (Å²) in [7, 11) is 0. The van der Waals surface area contributed by atoms with E-state index in [0.717, 1.165) is 49.6 Å². The molecule has 1 aliphatic heterocycles. The van der Waals surface area contributed by atoms with Crippen LogP contribution in [0.3, 0.4) is 0 Å². The summed E-state index contributed by atoms with van der Waals surface area (Å²) in [6, 6.07) is 21.9. The van der Waals surface area contributed by atoms with Crippen LogP contribution in [0, 0.1) is 0 Å². The fourth-order valence-electron chi connectivity index (χ4n) is 3.35. The molecule has 132 valence electrons. The predicted molar refractivity (Wildman–Crippen MR) is 102 cm³/mol. The van der Waals surface area contributed by atoms with Gasteiger partial charge in [0.25, 0.3) is 5.91 Å². The number of furan rings is 1. The van der Waals surface area contributed by atoms with Crippen molar-refractivity contribution in [1.82, 2.24) is 9.80 Å². The van der Waals surface area contributed by atoms with E-state index in [9.17, 15) is 4.79 Å². The highest BCUT2D eigenvalue weighted by atomic mass is 16.3. The molecule has 0 atom stereocenters. The first-order chi connectivity index (χ1) is 12.8. The van der Waals surface area contributed by atoms with E-state index >= 15 is 0 Å². The van der Waals surface area contributed by atoms with E-state index in [0.29, 0.717) is 0 Å². The smallest absolute Gasteiger partial charge is 0.253 e. The molecule has 26 heavy (non-hydrogen) atoms. The lowest BCUT2D eigenvalue weighted by atomic mass is 10.1. The molecule has 0 spiro atoms. The van der Waals surface area contributed by atoms with Gasteiger partial charge in [-0.1, -0.05) is 42.5 Å². The van der Waals surface area contributed by atoms with Gasteiger partial charge in [-0.05, 0) is 29.8 Å². The van der Waals surface area contributed by atoms with Crippen LogP contribution in [0.25, 0.3) is 11.3 Å². The largest absolute Gasteiger partial charge is 0.464 e. The number of carbonyl (C=O) groups is 1. The Bertz CT molecular complexity index is 834. The van der Waals surface area contributed by atoms with Gasteiger partial charge in [-0.3, -0.25) is 9.69 Å². The summed E-state index contributed by atoms with van der Waals surface area (Å²) in [6.07, 6.45) is 1.66. The number of amides is 1. The molecule has 2 aromatic carbocycles. The summed E-state index contributed by atoms with van der Waals surface area (Å²) in [6.45, 7) is 4.30. The molecule has 1 aliphatic rings. The number of carbonyl (C=O) groups excluding carboxylic acids is 1. The lowest BCUT2D eigenvalue weighted by Gasteiger charge is -2.34. The fourth-order valence-corrected chi connectivity index (χ4v) is 3.35. The first-order valence-corrected chi connectivity index (χ1v) is 8.99. The highest BCUT2D eigenvalue weighted by Gasteiger charge is 2.22. The molecule has 4 nitrogen and oxygen atoms in total. The Morgan fingerprint density at radius 1 is 0.846 bits per heavy atom. The molecule has 0 unspecified atom stereocenters. The maximum atomic E-state index is 12.7. The van der Waals surface area contributed by atoms with Crippen molar-refractivity contribution < 1.29 is 9.21 Å². The molecule has 2 heterocycles. The van der Waals surface area contributed by atoms with Gasteiger partial charge in [0.2, 0.25) is 0 Å². The van der Waals surface area contributed by atoms with Crippen LogP contribution in [0.4, 0.5) is 0 Å². The standard InChI is InChI=1S/C22H22N2O2/c25-22(20-10-8-19(9-11-20)21-7-4-16-26-21)24-14-12-23(13-15-24)17-18-5-2-1-3-6-18/h1-11,16H,12-15,17H2. The van der Waals surface area contributed by atoms with E-state index < -0.39 is 0 Å². The molecule has 4 heteroatoms. The predicted octanol–water partition coefficient (Wildman–Crippen LogP) is 3.90. The SMILES string of the molecule is O=C(c1ccc(-c2ccco2)cc1)N1CCN(Cc2ccccc2)CC1. The zero-order valence-corrected chi connectivity index (χ0v) is 14.7. The quantitative estimate of drug-likeness (QED) is 0.719. The van der Waals surface area contributed by atoms with E-state index in [2.05, 4.69) is 29.2 Å². The normalized spacial score (nSPS) is 15.2. The maximum absolute atomic E-state index is 12.7. The summed E-state index contributed by atoms with van der Waals surface area (Å²) < 4.78 is 5.40. The molecule has 4 rings (SSSR count). The molecule has 0 N–H and O–H groups in total. The Morgan fingerprint density at radius 3 is 2.23 bits per heavy atom. The fraction of sp³-hybridized carbons (Fsp3) is 0.227. The number of hydrogen-bond donors (Lipinski definition) is 0. The molecule has 1 saturated heterocycles. The van der Waals surface area contributed by atoms with Crippen molar-refractivity contribution >= 4 is 5.91 Å². The Hall–Kier alpha value is -2.85. The second-order valence-corrected chi connectivity index (χ2v) is 6.61. The molecule has 0 radical (unpaired) electrons. The number of piperazine rings is 1. The summed E-state index contributed by atoms with van der Waals surface area (Å²) in [5, 5.41) is 0. The van der Waals surface area contributed by atoms with Crippen LogP contribution in [0.15, 0.2) is 77.4 Å². The van der Waals surface area contributed by atoms with Gasteiger partial charge >= 0.3 is 0 Å². The number of hydrogen-bond acceptors (Lipinski definition) is 3.